The van der Waals surface area contributed by atoms with Crippen molar-refractivity contribution in [2.75, 3.05) is 23.7 Å². The largest absolute Gasteiger partial charge is 0.368 e. The fourth-order valence-electron chi connectivity index (χ4n) is 3.03. The van der Waals surface area contributed by atoms with Gasteiger partial charge in [-0.1, -0.05) is 29.3 Å². The Bertz CT molecular complexity index is 1220. The molecule has 0 atom stereocenters. The molecule has 9 heteroatoms. The van der Waals surface area contributed by atoms with E-state index in [0.29, 0.717) is 46.2 Å². The number of nitriles is 1. The number of pyridine rings is 2. The molecule has 1 aromatic carbocycles. The molecule has 3 aromatic heterocycles. The van der Waals surface area contributed by atoms with E-state index in [0.717, 1.165) is 16.7 Å². The summed E-state index contributed by atoms with van der Waals surface area (Å²) >= 11 is 12.5. The molecule has 0 aliphatic carbocycles. The van der Waals surface area contributed by atoms with Gasteiger partial charge in [0.1, 0.15) is 23.5 Å². The number of nitrogens with zero attached hydrogens (tertiary/aromatic N) is 4. The van der Waals surface area contributed by atoms with E-state index >= 15 is 0 Å². The van der Waals surface area contributed by atoms with Gasteiger partial charge in [-0.2, -0.15) is 5.26 Å². The van der Waals surface area contributed by atoms with Crippen molar-refractivity contribution in [2.45, 2.75) is 0 Å². The van der Waals surface area contributed by atoms with Crippen LogP contribution in [0, 0.1) is 11.3 Å². The molecule has 7 nitrogen and oxygen atoms in total. The lowest BCUT2D eigenvalue weighted by Gasteiger charge is -2.13. The van der Waals surface area contributed by atoms with Crippen LogP contribution in [0.4, 0.5) is 11.6 Å². The maximum absolute atomic E-state index is 8.84. The Morgan fingerprint density at radius 3 is 2.35 bits per heavy atom. The van der Waals surface area contributed by atoms with Crippen LogP contribution in [-0.4, -0.2) is 33.0 Å². The van der Waals surface area contributed by atoms with E-state index in [9.17, 15) is 0 Å². The molecule has 0 bridgehead atoms. The number of H-pyrrole nitrogens is 1. The lowest BCUT2D eigenvalue weighted by molar-refractivity contribution is 1.04. The molecule has 0 saturated heterocycles. The minimum absolute atomic E-state index is 0.526. The lowest BCUT2D eigenvalue weighted by Crippen LogP contribution is -2.15. The topological polar surface area (TPSA) is 102 Å². The van der Waals surface area contributed by atoms with E-state index in [1.165, 1.54) is 6.20 Å². The Labute approximate surface area is 189 Å². The number of nitrogens with one attached hydrogen (secondary N) is 3. The van der Waals surface area contributed by atoms with Crippen molar-refractivity contribution in [3.8, 4) is 28.6 Å². The highest BCUT2D eigenvalue weighted by Gasteiger charge is 2.14. The van der Waals surface area contributed by atoms with E-state index in [1.54, 1.807) is 42.9 Å². The van der Waals surface area contributed by atoms with Gasteiger partial charge in [0, 0.05) is 59.0 Å². The summed E-state index contributed by atoms with van der Waals surface area (Å²) in [6, 6.07) is 12.9. The number of imidazole rings is 1. The molecule has 0 aliphatic heterocycles. The molecule has 0 spiro atoms. The maximum Gasteiger partial charge on any atom is 0.139 e. The van der Waals surface area contributed by atoms with E-state index in [2.05, 4.69) is 30.6 Å². The Hall–Kier alpha value is -3.60. The molecule has 0 unspecified atom stereocenters. The van der Waals surface area contributed by atoms with Crippen LogP contribution in [0.3, 0.4) is 0 Å². The van der Waals surface area contributed by atoms with Crippen molar-refractivity contribution in [1.82, 2.24) is 19.9 Å². The Balaban J connectivity index is 1.51. The monoisotopic (exact) mass is 449 g/mol. The zero-order chi connectivity index (χ0) is 21.6. The molecule has 3 N–H and O–H groups in total. The van der Waals surface area contributed by atoms with Gasteiger partial charge in [0.15, 0.2) is 0 Å². The normalized spacial score (nSPS) is 10.5. The summed E-state index contributed by atoms with van der Waals surface area (Å²) in [5.74, 6) is 2.11. The summed E-state index contributed by atoms with van der Waals surface area (Å²) in [5, 5.41) is 16.5. The maximum atomic E-state index is 8.84. The molecule has 0 amide bonds. The molecular weight excluding hydrogens is 433 g/mol. The zero-order valence-corrected chi connectivity index (χ0v) is 17.7. The first-order chi connectivity index (χ1) is 15.1. The van der Waals surface area contributed by atoms with Crippen LogP contribution in [0.25, 0.3) is 22.5 Å². The van der Waals surface area contributed by atoms with E-state index in [4.69, 9.17) is 28.5 Å². The van der Waals surface area contributed by atoms with Crippen molar-refractivity contribution in [3.63, 3.8) is 0 Å². The first-order valence-electron chi connectivity index (χ1n) is 9.43. The summed E-state index contributed by atoms with van der Waals surface area (Å²) in [4.78, 5) is 16.2. The quantitative estimate of drug-likeness (QED) is 0.333. The molecular formula is C22H17Cl2N7. The van der Waals surface area contributed by atoms with E-state index < -0.39 is 0 Å². The molecule has 4 aromatic rings. The van der Waals surface area contributed by atoms with Crippen molar-refractivity contribution >= 4 is 34.8 Å². The van der Waals surface area contributed by atoms with Gasteiger partial charge < -0.3 is 15.6 Å². The van der Waals surface area contributed by atoms with Gasteiger partial charge >= 0.3 is 0 Å². The summed E-state index contributed by atoms with van der Waals surface area (Å²) in [6.45, 7) is 1.24. The predicted octanol–water partition coefficient (Wildman–Crippen LogP) is 5.24. The van der Waals surface area contributed by atoms with Gasteiger partial charge in [0.05, 0.1) is 5.56 Å². The van der Waals surface area contributed by atoms with Crippen LogP contribution in [-0.2, 0) is 0 Å². The fraction of sp³-hybridized carbons (Fsp3) is 0.0909. The van der Waals surface area contributed by atoms with E-state index in [1.807, 2.05) is 18.2 Å². The van der Waals surface area contributed by atoms with Crippen LogP contribution in [0.2, 0.25) is 10.0 Å². The number of anilines is 2. The standard InChI is InChI=1S/C22H17Cl2N7/c23-15-2-3-16(19(24)9-15)17-10-21(31-13-18(17)22-28-7-8-29-22)27-6-5-26-20-4-1-14(11-25)12-30-20/h1-4,7-10,12-13H,5-6H2,(H,26,30)(H,27,31)(H,28,29). The Morgan fingerprint density at radius 1 is 0.871 bits per heavy atom. The van der Waals surface area contributed by atoms with Gasteiger partial charge in [-0.25, -0.2) is 15.0 Å². The van der Waals surface area contributed by atoms with E-state index in [-0.39, 0.29) is 0 Å². The smallest absolute Gasteiger partial charge is 0.139 e. The summed E-state index contributed by atoms with van der Waals surface area (Å²) < 4.78 is 0. The average Bonchev–Trinajstić information content (AvgIpc) is 3.32. The lowest BCUT2D eigenvalue weighted by atomic mass is 10.0. The van der Waals surface area contributed by atoms with Crippen LogP contribution in [0.5, 0.6) is 0 Å². The second-order valence-corrected chi connectivity index (χ2v) is 7.42. The van der Waals surface area contributed by atoms with Crippen LogP contribution >= 0.6 is 23.2 Å². The van der Waals surface area contributed by atoms with Gasteiger partial charge in [0.25, 0.3) is 0 Å². The SMILES string of the molecule is N#Cc1ccc(NCCNc2cc(-c3ccc(Cl)cc3Cl)c(-c3ncc[nH]3)cn2)nc1. The second-order valence-electron chi connectivity index (χ2n) is 6.57. The molecule has 0 saturated carbocycles. The molecule has 0 radical (unpaired) electrons. The highest BCUT2D eigenvalue weighted by atomic mass is 35.5. The Kier molecular flexibility index (Phi) is 6.32. The second kappa shape index (κ2) is 9.47. The van der Waals surface area contributed by atoms with Crippen LogP contribution in [0.1, 0.15) is 5.56 Å². The zero-order valence-electron chi connectivity index (χ0n) is 16.2. The Morgan fingerprint density at radius 2 is 1.68 bits per heavy atom. The highest BCUT2D eigenvalue weighted by Crippen LogP contribution is 2.36. The third kappa shape index (κ3) is 4.94. The molecule has 0 aliphatic rings. The van der Waals surface area contributed by atoms with Crippen molar-refractivity contribution in [3.05, 3.63) is 76.8 Å². The van der Waals surface area contributed by atoms with Crippen molar-refractivity contribution in [2.24, 2.45) is 0 Å². The van der Waals surface area contributed by atoms with Gasteiger partial charge in [-0.05, 0) is 35.9 Å². The van der Waals surface area contributed by atoms with Crippen molar-refractivity contribution in [1.29, 1.82) is 5.26 Å². The first kappa shape index (κ1) is 20.7. The van der Waals surface area contributed by atoms with Crippen LogP contribution in [0.15, 0.2) is 61.2 Å². The fourth-order valence-corrected chi connectivity index (χ4v) is 3.54. The number of aromatic amines is 1. The molecule has 4 rings (SSSR count). The number of rotatable bonds is 7. The number of benzene rings is 1. The third-order valence-corrected chi connectivity index (χ3v) is 5.06. The van der Waals surface area contributed by atoms with Gasteiger partial charge in [-0.15, -0.1) is 0 Å². The highest BCUT2D eigenvalue weighted by molar-refractivity contribution is 6.36. The summed E-state index contributed by atoms with van der Waals surface area (Å²) in [7, 11) is 0. The third-order valence-electron chi connectivity index (χ3n) is 4.51. The van der Waals surface area contributed by atoms with Crippen LogP contribution < -0.4 is 10.6 Å². The number of hydrogen-bond acceptors (Lipinski definition) is 6. The minimum Gasteiger partial charge on any atom is -0.368 e. The average molecular weight is 450 g/mol. The molecule has 3 heterocycles. The number of halogens is 2. The van der Waals surface area contributed by atoms with Gasteiger partial charge in [0.2, 0.25) is 0 Å². The first-order valence-corrected chi connectivity index (χ1v) is 10.2. The minimum atomic E-state index is 0.526. The molecule has 154 valence electrons. The molecule has 0 fully saturated rings. The van der Waals surface area contributed by atoms with Crippen molar-refractivity contribution < 1.29 is 0 Å². The number of hydrogen-bond donors (Lipinski definition) is 3. The molecule has 31 heavy (non-hydrogen) atoms. The number of aromatic nitrogens is 4. The summed E-state index contributed by atoms with van der Waals surface area (Å²) in [5.41, 5.74) is 3.08. The van der Waals surface area contributed by atoms with Gasteiger partial charge in [-0.3, -0.25) is 0 Å². The summed E-state index contributed by atoms with van der Waals surface area (Å²) in [6.07, 6.45) is 6.75. The predicted molar refractivity (Wildman–Crippen MR) is 123 cm³/mol.